The number of halogens is 4. The number of hydrogen-bond donors (Lipinski definition) is 3. The van der Waals surface area contributed by atoms with Crippen LogP contribution in [0.5, 0.6) is 5.75 Å². The Morgan fingerprint density at radius 1 is 1.22 bits per heavy atom. The van der Waals surface area contributed by atoms with Gasteiger partial charge in [-0.25, -0.2) is 14.2 Å². The number of benzene rings is 2. The Kier molecular flexibility index (Phi) is 7.23. The zero-order chi connectivity index (χ0) is 26.7. The fourth-order valence-electron chi connectivity index (χ4n) is 4.16. The highest BCUT2D eigenvalue weighted by Gasteiger charge is 2.33. The van der Waals surface area contributed by atoms with Gasteiger partial charge in [-0.15, -0.1) is 13.2 Å². The molecule has 9 nitrogen and oxygen atoms in total. The average Bonchev–Trinajstić information content (AvgIpc) is 3.53. The third kappa shape index (κ3) is 5.93. The topological polar surface area (TPSA) is 123 Å². The molecule has 13 heteroatoms. The van der Waals surface area contributed by atoms with Gasteiger partial charge in [0.2, 0.25) is 5.91 Å². The summed E-state index contributed by atoms with van der Waals surface area (Å²) in [7, 11) is 1.21. The number of nitrogens with one attached hydrogen (secondary N) is 2. The molecule has 37 heavy (non-hydrogen) atoms. The Morgan fingerprint density at radius 3 is 2.59 bits per heavy atom. The Balaban J connectivity index is 1.53. The molecule has 1 atom stereocenters. The van der Waals surface area contributed by atoms with Crippen LogP contribution < -0.4 is 15.8 Å². The number of aromatic nitrogens is 2. The summed E-state index contributed by atoms with van der Waals surface area (Å²) in [6, 6.07) is 7.69. The van der Waals surface area contributed by atoms with E-state index in [0.29, 0.717) is 30.0 Å². The van der Waals surface area contributed by atoms with Crippen LogP contribution in [0.1, 0.15) is 24.7 Å². The minimum atomic E-state index is -4.98. The molecule has 1 unspecified atom stereocenters. The number of alkyl halides is 3. The first-order chi connectivity index (χ1) is 17.6. The first kappa shape index (κ1) is 25.8. The van der Waals surface area contributed by atoms with Crippen molar-refractivity contribution in [1.82, 2.24) is 20.2 Å². The molecular weight excluding hydrogens is 498 g/mol. The molecule has 0 aliphatic carbocycles. The van der Waals surface area contributed by atoms with Gasteiger partial charge in [0.05, 0.1) is 30.7 Å². The van der Waals surface area contributed by atoms with E-state index < -0.39 is 29.7 Å². The Labute approximate surface area is 208 Å². The van der Waals surface area contributed by atoms with Crippen LogP contribution in [0.25, 0.3) is 22.4 Å². The highest BCUT2D eigenvalue weighted by molar-refractivity contribution is 5.82. The molecule has 0 saturated carbocycles. The third-order valence-electron chi connectivity index (χ3n) is 5.89. The number of nitrogen functional groups attached to an aromatic ring is 1. The quantitative estimate of drug-likeness (QED) is 0.327. The summed E-state index contributed by atoms with van der Waals surface area (Å²) >= 11 is 0. The number of hydrogen-bond acceptors (Lipinski definition) is 6. The fraction of sp³-hybridized carbons (Fsp3) is 0.292. The van der Waals surface area contributed by atoms with Crippen LogP contribution >= 0.6 is 0 Å². The van der Waals surface area contributed by atoms with Crippen LogP contribution in [-0.4, -0.2) is 53.4 Å². The van der Waals surface area contributed by atoms with Gasteiger partial charge in [0.15, 0.2) is 0 Å². The number of ether oxygens (including phenoxy) is 2. The molecule has 196 valence electrons. The lowest BCUT2D eigenvalue weighted by Gasteiger charge is -2.23. The SMILES string of the molecule is COC(=O)NCC(=O)N1CCCC1c1ncc(-c2ccc(-c3cc(F)c(N)cc3OC(F)(F)F)cc2)[nH]1. The van der Waals surface area contributed by atoms with Crippen LogP contribution in [0, 0.1) is 5.82 Å². The lowest BCUT2D eigenvalue weighted by atomic mass is 10.0. The summed E-state index contributed by atoms with van der Waals surface area (Å²) in [5.41, 5.74) is 6.41. The maximum absolute atomic E-state index is 14.0. The second-order valence-electron chi connectivity index (χ2n) is 8.27. The van der Waals surface area contributed by atoms with Gasteiger partial charge in [-0.3, -0.25) is 4.79 Å². The van der Waals surface area contributed by atoms with Crippen molar-refractivity contribution in [3.63, 3.8) is 0 Å². The summed E-state index contributed by atoms with van der Waals surface area (Å²) < 4.78 is 61.1. The van der Waals surface area contributed by atoms with E-state index in [1.165, 1.54) is 19.2 Å². The zero-order valence-corrected chi connectivity index (χ0v) is 19.6. The highest BCUT2D eigenvalue weighted by Crippen LogP contribution is 2.38. The molecule has 3 aromatic rings. The third-order valence-corrected chi connectivity index (χ3v) is 5.89. The van der Waals surface area contributed by atoms with Crippen LogP contribution in [0.15, 0.2) is 42.6 Å². The molecule has 2 aromatic carbocycles. The minimum absolute atomic E-state index is 0.110. The van der Waals surface area contributed by atoms with Gasteiger partial charge in [-0.2, -0.15) is 0 Å². The number of carbonyl (C=O) groups excluding carboxylic acids is 2. The molecule has 4 rings (SSSR count). The van der Waals surface area contributed by atoms with E-state index in [1.807, 2.05) is 0 Å². The predicted molar refractivity (Wildman–Crippen MR) is 125 cm³/mol. The maximum atomic E-state index is 14.0. The number of imidazole rings is 1. The summed E-state index contributed by atoms with van der Waals surface area (Å²) in [5, 5.41) is 2.37. The monoisotopic (exact) mass is 521 g/mol. The van der Waals surface area contributed by atoms with Crippen LogP contribution in [0.4, 0.5) is 28.0 Å². The number of rotatable bonds is 6. The Bertz CT molecular complexity index is 1290. The lowest BCUT2D eigenvalue weighted by molar-refractivity contribution is -0.274. The first-order valence-corrected chi connectivity index (χ1v) is 11.2. The first-order valence-electron chi connectivity index (χ1n) is 11.2. The van der Waals surface area contributed by atoms with E-state index in [1.54, 1.807) is 23.2 Å². The number of likely N-dealkylation sites (tertiary alicyclic amines) is 1. The molecular formula is C24H23F4N5O4. The second kappa shape index (κ2) is 10.4. The van der Waals surface area contributed by atoms with Crippen LogP contribution in [0.3, 0.4) is 0 Å². The molecule has 1 saturated heterocycles. The summed E-state index contributed by atoms with van der Waals surface area (Å²) in [6.45, 7) is 0.307. The number of H-pyrrole nitrogens is 1. The average molecular weight is 521 g/mol. The molecule has 2 amide bonds. The standard InChI is InChI=1S/C24H23F4N5O4/c1-36-23(35)31-12-21(34)33-8-2-3-19(33)22-30-11-18(32-22)14-6-4-13(5-7-14)15-9-16(25)17(29)10-20(15)37-24(26,27)28/h4-7,9-11,19H,2-3,8,12,29H2,1H3,(H,30,32)(H,31,35). The summed E-state index contributed by atoms with van der Waals surface area (Å²) in [4.78, 5) is 33.0. The number of amides is 2. The van der Waals surface area contributed by atoms with Crippen molar-refractivity contribution < 1.29 is 36.6 Å². The van der Waals surface area contributed by atoms with Crippen molar-refractivity contribution in [2.75, 3.05) is 25.9 Å². The molecule has 1 aromatic heterocycles. The predicted octanol–water partition coefficient (Wildman–Crippen LogP) is 4.38. The molecule has 1 aliphatic rings. The van der Waals surface area contributed by atoms with Crippen molar-refractivity contribution in [3.05, 3.63) is 54.2 Å². The number of alkyl carbamates (subject to hydrolysis) is 1. The largest absolute Gasteiger partial charge is 0.573 e. The van der Waals surface area contributed by atoms with Gasteiger partial charge < -0.3 is 30.4 Å². The van der Waals surface area contributed by atoms with Gasteiger partial charge in [0.1, 0.15) is 23.9 Å². The molecule has 1 fully saturated rings. The minimum Gasteiger partial charge on any atom is -0.453 e. The molecule has 0 bridgehead atoms. The van der Waals surface area contributed by atoms with Crippen molar-refractivity contribution in [2.24, 2.45) is 0 Å². The smallest absolute Gasteiger partial charge is 0.453 e. The van der Waals surface area contributed by atoms with Gasteiger partial charge in [-0.05, 0) is 30.0 Å². The van der Waals surface area contributed by atoms with Crippen LogP contribution in [-0.2, 0) is 9.53 Å². The summed E-state index contributed by atoms with van der Waals surface area (Å²) in [6.07, 6.45) is -2.65. The number of anilines is 1. The summed E-state index contributed by atoms with van der Waals surface area (Å²) in [5.74, 6) is -1.20. The normalized spacial score (nSPS) is 15.5. The number of nitrogens with zero attached hydrogens (tertiary/aromatic N) is 2. The van der Waals surface area contributed by atoms with Gasteiger partial charge in [-0.1, -0.05) is 24.3 Å². The van der Waals surface area contributed by atoms with Crippen molar-refractivity contribution in [1.29, 1.82) is 0 Å². The van der Waals surface area contributed by atoms with E-state index in [4.69, 9.17) is 5.73 Å². The molecule has 0 radical (unpaired) electrons. The van der Waals surface area contributed by atoms with Crippen molar-refractivity contribution >= 4 is 17.7 Å². The van der Waals surface area contributed by atoms with Gasteiger partial charge in [0.25, 0.3) is 0 Å². The van der Waals surface area contributed by atoms with Gasteiger partial charge in [0, 0.05) is 18.2 Å². The van der Waals surface area contributed by atoms with E-state index >= 15 is 0 Å². The highest BCUT2D eigenvalue weighted by atomic mass is 19.4. The van der Waals surface area contributed by atoms with Crippen molar-refractivity contribution in [2.45, 2.75) is 25.2 Å². The molecule has 4 N–H and O–H groups in total. The Hall–Kier alpha value is -4.29. The number of aromatic amines is 1. The van der Waals surface area contributed by atoms with E-state index in [2.05, 4.69) is 24.8 Å². The van der Waals surface area contributed by atoms with E-state index in [9.17, 15) is 27.2 Å². The fourth-order valence-corrected chi connectivity index (χ4v) is 4.16. The lowest BCUT2D eigenvalue weighted by Crippen LogP contribution is -2.40. The number of nitrogens with two attached hydrogens (primary N) is 1. The second-order valence-corrected chi connectivity index (χ2v) is 8.27. The molecule has 2 heterocycles. The molecule has 0 spiro atoms. The van der Waals surface area contributed by atoms with E-state index in [-0.39, 0.29) is 29.6 Å². The van der Waals surface area contributed by atoms with Crippen LogP contribution in [0.2, 0.25) is 0 Å². The van der Waals surface area contributed by atoms with Crippen molar-refractivity contribution in [3.8, 4) is 28.1 Å². The molecule has 1 aliphatic heterocycles. The Morgan fingerprint density at radius 2 is 1.92 bits per heavy atom. The maximum Gasteiger partial charge on any atom is 0.573 e. The number of methoxy groups -OCH3 is 1. The van der Waals surface area contributed by atoms with Gasteiger partial charge >= 0.3 is 12.5 Å². The number of carbonyl (C=O) groups is 2. The van der Waals surface area contributed by atoms with E-state index in [0.717, 1.165) is 18.6 Å². The zero-order valence-electron chi connectivity index (χ0n) is 19.6.